The molecule has 0 amide bonds. The van der Waals surface area contributed by atoms with Crippen molar-refractivity contribution in [3.05, 3.63) is 45.7 Å². The standard InChI is InChI=1S/C11H6BrNS2/c12-9-3-1-4-10(8(9)7-13)15-11-5-2-6-14-11/h1-6H. The zero-order valence-electron chi connectivity index (χ0n) is 7.61. The number of nitriles is 1. The SMILES string of the molecule is N#Cc1c(Br)cccc1Sc1cccs1. The molecule has 74 valence electrons. The summed E-state index contributed by atoms with van der Waals surface area (Å²) < 4.78 is 2.05. The Balaban J connectivity index is 2.37. The summed E-state index contributed by atoms with van der Waals surface area (Å²) in [4.78, 5) is 0.995. The minimum Gasteiger partial charge on any atom is -0.192 e. The van der Waals surface area contributed by atoms with E-state index < -0.39 is 0 Å². The van der Waals surface area contributed by atoms with Gasteiger partial charge in [-0.2, -0.15) is 5.26 Å². The molecule has 0 aliphatic carbocycles. The van der Waals surface area contributed by atoms with Gasteiger partial charge in [-0.3, -0.25) is 0 Å². The molecular weight excluding hydrogens is 290 g/mol. The molecule has 0 saturated heterocycles. The van der Waals surface area contributed by atoms with Crippen LogP contribution < -0.4 is 0 Å². The molecule has 0 radical (unpaired) electrons. The Hall–Kier alpha value is -0.760. The molecule has 1 nitrogen and oxygen atoms in total. The van der Waals surface area contributed by atoms with E-state index >= 15 is 0 Å². The van der Waals surface area contributed by atoms with E-state index in [4.69, 9.17) is 5.26 Å². The smallest absolute Gasteiger partial charge is 0.102 e. The van der Waals surface area contributed by atoms with Gasteiger partial charge in [-0.1, -0.05) is 23.9 Å². The third kappa shape index (κ3) is 2.43. The van der Waals surface area contributed by atoms with Crippen LogP contribution in [0.25, 0.3) is 0 Å². The first-order valence-electron chi connectivity index (χ1n) is 4.21. The predicted octanol–water partition coefficient (Wildman–Crippen LogP) is 4.53. The normalized spacial score (nSPS) is 9.87. The maximum atomic E-state index is 9.04. The number of benzene rings is 1. The molecule has 0 saturated carbocycles. The second-order valence-electron chi connectivity index (χ2n) is 2.76. The molecule has 2 aromatic rings. The molecule has 0 atom stereocenters. The molecule has 4 heteroatoms. The summed E-state index contributed by atoms with van der Waals surface area (Å²) >= 11 is 6.69. The fraction of sp³-hybridized carbons (Fsp3) is 0. The fourth-order valence-corrected chi connectivity index (χ4v) is 3.56. The lowest BCUT2D eigenvalue weighted by Gasteiger charge is -2.02. The average Bonchev–Trinajstić information content (AvgIpc) is 2.71. The monoisotopic (exact) mass is 295 g/mol. The molecule has 0 aliphatic heterocycles. The Morgan fingerprint density at radius 3 is 2.80 bits per heavy atom. The van der Waals surface area contributed by atoms with Crippen LogP contribution in [0.5, 0.6) is 0 Å². The van der Waals surface area contributed by atoms with Crippen molar-refractivity contribution >= 4 is 39.0 Å². The van der Waals surface area contributed by atoms with Gasteiger partial charge < -0.3 is 0 Å². The van der Waals surface area contributed by atoms with Crippen LogP contribution in [0.2, 0.25) is 0 Å². The predicted molar refractivity (Wildman–Crippen MR) is 67.3 cm³/mol. The first kappa shape index (κ1) is 10.7. The molecule has 0 aliphatic rings. The topological polar surface area (TPSA) is 23.8 Å². The molecule has 0 N–H and O–H groups in total. The first-order valence-corrected chi connectivity index (χ1v) is 6.70. The Morgan fingerprint density at radius 2 is 2.13 bits per heavy atom. The van der Waals surface area contributed by atoms with Gasteiger partial charge in [0.05, 0.1) is 9.77 Å². The molecular formula is C11H6BrNS2. The number of hydrogen-bond acceptors (Lipinski definition) is 3. The summed E-state index contributed by atoms with van der Waals surface area (Å²) in [5.74, 6) is 0. The van der Waals surface area contributed by atoms with Crippen LogP contribution in [-0.2, 0) is 0 Å². The summed E-state index contributed by atoms with van der Waals surface area (Å²) in [5.41, 5.74) is 0.705. The first-order chi connectivity index (χ1) is 7.31. The maximum absolute atomic E-state index is 9.04. The molecule has 0 unspecified atom stereocenters. The van der Waals surface area contributed by atoms with Gasteiger partial charge in [0, 0.05) is 9.37 Å². The van der Waals surface area contributed by atoms with Gasteiger partial charge in [0.2, 0.25) is 0 Å². The number of halogens is 1. The van der Waals surface area contributed by atoms with Gasteiger partial charge in [-0.05, 0) is 39.5 Å². The van der Waals surface area contributed by atoms with Gasteiger partial charge in [-0.15, -0.1) is 11.3 Å². The van der Waals surface area contributed by atoms with Crippen molar-refractivity contribution in [2.75, 3.05) is 0 Å². The number of nitrogens with zero attached hydrogens (tertiary/aromatic N) is 1. The van der Waals surface area contributed by atoms with Crippen LogP contribution in [0.1, 0.15) is 5.56 Å². The van der Waals surface area contributed by atoms with Crippen molar-refractivity contribution in [3.63, 3.8) is 0 Å². The van der Waals surface area contributed by atoms with Crippen molar-refractivity contribution in [2.45, 2.75) is 9.10 Å². The van der Waals surface area contributed by atoms with Gasteiger partial charge in [0.1, 0.15) is 6.07 Å². The maximum Gasteiger partial charge on any atom is 0.102 e. The van der Waals surface area contributed by atoms with E-state index in [9.17, 15) is 0 Å². The zero-order valence-corrected chi connectivity index (χ0v) is 10.8. The number of rotatable bonds is 2. The third-order valence-corrected chi connectivity index (χ3v) is 4.55. The van der Waals surface area contributed by atoms with Crippen LogP contribution in [0.3, 0.4) is 0 Å². The molecule has 0 fully saturated rings. The highest BCUT2D eigenvalue weighted by Gasteiger charge is 2.07. The highest BCUT2D eigenvalue weighted by atomic mass is 79.9. The van der Waals surface area contributed by atoms with Gasteiger partial charge in [0.15, 0.2) is 0 Å². The Morgan fingerprint density at radius 1 is 1.27 bits per heavy atom. The van der Waals surface area contributed by atoms with Crippen molar-refractivity contribution in [3.8, 4) is 6.07 Å². The van der Waals surface area contributed by atoms with Crippen molar-refractivity contribution in [1.82, 2.24) is 0 Å². The third-order valence-electron chi connectivity index (χ3n) is 1.79. The lowest BCUT2D eigenvalue weighted by molar-refractivity contribution is 1.34. The Labute approximate surface area is 105 Å². The fourth-order valence-electron chi connectivity index (χ4n) is 1.13. The summed E-state index contributed by atoms with van der Waals surface area (Å²) in [6, 6.07) is 12.1. The molecule has 2 rings (SSSR count). The quantitative estimate of drug-likeness (QED) is 0.812. The molecule has 0 bridgehead atoms. The number of thiophene rings is 1. The minimum absolute atomic E-state index is 0.705. The lowest BCUT2D eigenvalue weighted by Crippen LogP contribution is -1.81. The molecule has 0 spiro atoms. The van der Waals surface area contributed by atoms with Crippen LogP contribution in [-0.4, -0.2) is 0 Å². The van der Waals surface area contributed by atoms with Crippen LogP contribution in [0, 0.1) is 11.3 Å². The van der Waals surface area contributed by atoms with E-state index in [2.05, 4.69) is 28.1 Å². The van der Waals surface area contributed by atoms with Crippen LogP contribution in [0.4, 0.5) is 0 Å². The highest BCUT2D eigenvalue weighted by Crippen LogP contribution is 2.35. The second kappa shape index (κ2) is 4.84. The highest BCUT2D eigenvalue weighted by molar-refractivity contribution is 9.10. The minimum atomic E-state index is 0.705. The molecule has 1 aromatic heterocycles. The largest absolute Gasteiger partial charge is 0.192 e. The van der Waals surface area contributed by atoms with Gasteiger partial charge in [0.25, 0.3) is 0 Å². The van der Waals surface area contributed by atoms with E-state index in [1.54, 1.807) is 23.1 Å². The van der Waals surface area contributed by atoms with Crippen LogP contribution >= 0.6 is 39.0 Å². The summed E-state index contributed by atoms with van der Waals surface area (Å²) in [5, 5.41) is 11.1. The van der Waals surface area contributed by atoms with Crippen molar-refractivity contribution in [2.24, 2.45) is 0 Å². The van der Waals surface area contributed by atoms with Crippen molar-refractivity contribution in [1.29, 1.82) is 5.26 Å². The van der Waals surface area contributed by atoms with E-state index in [-0.39, 0.29) is 0 Å². The molecule has 1 aromatic carbocycles. The van der Waals surface area contributed by atoms with E-state index in [0.29, 0.717) is 5.56 Å². The Kier molecular flexibility index (Phi) is 3.47. The molecule has 1 heterocycles. The average molecular weight is 296 g/mol. The van der Waals surface area contributed by atoms with E-state index in [1.165, 1.54) is 4.21 Å². The van der Waals surface area contributed by atoms with Gasteiger partial charge in [-0.25, -0.2) is 0 Å². The summed E-state index contributed by atoms with van der Waals surface area (Å²) in [6.07, 6.45) is 0. The van der Waals surface area contributed by atoms with E-state index in [0.717, 1.165) is 9.37 Å². The number of hydrogen-bond donors (Lipinski definition) is 0. The second-order valence-corrected chi connectivity index (χ2v) is 5.90. The summed E-state index contributed by atoms with van der Waals surface area (Å²) in [6.45, 7) is 0. The Bertz CT molecular complexity index is 500. The zero-order chi connectivity index (χ0) is 10.7. The van der Waals surface area contributed by atoms with Crippen LogP contribution in [0.15, 0.2) is 49.3 Å². The van der Waals surface area contributed by atoms with Gasteiger partial charge >= 0.3 is 0 Å². The van der Waals surface area contributed by atoms with E-state index in [1.807, 2.05) is 29.6 Å². The molecule has 15 heavy (non-hydrogen) atoms. The summed E-state index contributed by atoms with van der Waals surface area (Å²) in [7, 11) is 0. The van der Waals surface area contributed by atoms with Crippen molar-refractivity contribution < 1.29 is 0 Å². The lowest BCUT2D eigenvalue weighted by atomic mass is 10.2.